The largest absolute Gasteiger partial charge is 0.309 e. The van der Waals surface area contributed by atoms with Crippen LogP contribution < -0.4 is 0 Å². The Bertz CT molecular complexity index is 3010. The van der Waals surface area contributed by atoms with Gasteiger partial charge < -0.3 is 4.57 Å². The zero-order valence-electron chi connectivity index (χ0n) is 29.0. The van der Waals surface area contributed by atoms with Crippen molar-refractivity contribution in [1.82, 2.24) is 19.5 Å². The summed E-state index contributed by atoms with van der Waals surface area (Å²) in [5.41, 5.74) is 11.3. The smallest absolute Gasteiger partial charge is 0.164 e. The first-order valence-corrected chi connectivity index (χ1v) is 18.9. The molecule has 10 aromatic rings. The van der Waals surface area contributed by atoms with Gasteiger partial charge in [-0.1, -0.05) is 157 Å². The van der Waals surface area contributed by atoms with Crippen molar-refractivity contribution in [2.75, 3.05) is 0 Å². The monoisotopic (exact) mass is 706 g/mol. The van der Waals surface area contributed by atoms with Crippen LogP contribution in [0.25, 0.3) is 94.7 Å². The van der Waals surface area contributed by atoms with Crippen LogP contribution in [0.3, 0.4) is 0 Å². The summed E-state index contributed by atoms with van der Waals surface area (Å²) in [6.07, 6.45) is 0. The van der Waals surface area contributed by atoms with Crippen LogP contribution in [-0.4, -0.2) is 19.5 Å². The Kier molecular flexibility index (Phi) is 7.07. The van der Waals surface area contributed by atoms with Crippen molar-refractivity contribution in [2.24, 2.45) is 0 Å². The molecule has 4 nitrogen and oxygen atoms in total. The van der Waals surface area contributed by atoms with Gasteiger partial charge in [-0.05, 0) is 64.0 Å². The molecular weight excluding hydrogens is 677 g/mol. The Morgan fingerprint density at radius 3 is 1.70 bits per heavy atom. The van der Waals surface area contributed by atoms with Crippen LogP contribution >= 0.6 is 11.8 Å². The molecule has 0 amide bonds. The number of fused-ring (bicyclic) bond motifs is 5. The first-order chi connectivity index (χ1) is 26.8. The Morgan fingerprint density at radius 1 is 0.352 bits per heavy atom. The summed E-state index contributed by atoms with van der Waals surface area (Å²) in [5, 5.41) is 4.87. The molecule has 54 heavy (non-hydrogen) atoms. The van der Waals surface area contributed by atoms with Crippen LogP contribution in [0.1, 0.15) is 0 Å². The second-order valence-corrected chi connectivity index (χ2v) is 14.7. The summed E-state index contributed by atoms with van der Waals surface area (Å²) in [7, 11) is 0. The van der Waals surface area contributed by atoms with E-state index in [1.54, 1.807) is 0 Å². The molecule has 5 heteroatoms. The van der Waals surface area contributed by atoms with Crippen molar-refractivity contribution in [3.05, 3.63) is 182 Å². The van der Waals surface area contributed by atoms with Crippen LogP contribution in [0.5, 0.6) is 0 Å². The molecule has 0 N–H and O–H groups in total. The summed E-state index contributed by atoms with van der Waals surface area (Å²) >= 11 is 1.83. The summed E-state index contributed by atoms with van der Waals surface area (Å²) in [4.78, 5) is 17.6. The SMILES string of the molecule is c1ccc(-c2ccc3c4ccccc4n(-c4ccc5c(c4)Sc4ccc(-c6nc(-c7ccccc7)nc(-c7ccccc7)n6)c6cccc-5c46)c3c2)cc1. The molecule has 0 bridgehead atoms. The Hall–Kier alpha value is -6.82. The third-order valence-electron chi connectivity index (χ3n) is 10.5. The lowest BCUT2D eigenvalue weighted by atomic mass is 9.94. The van der Waals surface area contributed by atoms with E-state index >= 15 is 0 Å². The highest BCUT2D eigenvalue weighted by Crippen LogP contribution is 2.50. The van der Waals surface area contributed by atoms with Crippen LogP contribution in [0, 0.1) is 0 Å². The van der Waals surface area contributed by atoms with Gasteiger partial charge in [0.1, 0.15) is 0 Å². The maximum absolute atomic E-state index is 5.08. The van der Waals surface area contributed by atoms with E-state index in [0.29, 0.717) is 17.5 Å². The molecule has 1 aliphatic heterocycles. The molecule has 252 valence electrons. The predicted octanol–water partition coefficient (Wildman–Crippen LogP) is 12.9. The average molecular weight is 707 g/mol. The third kappa shape index (κ3) is 4.97. The molecule has 0 aliphatic carbocycles. The van der Waals surface area contributed by atoms with Crippen molar-refractivity contribution >= 4 is 44.3 Å². The number of aromatic nitrogens is 4. The molecule has 0 saturated heterocycles. The van der Waals surface area contributed by atoms with E-state index < -0.39 is 0 Å². The summed E-state index contributed by atoms with van der Waals surface area (Å²) in [5.74, 6) is 1.99. The van der Waals surface area contributed by atoms with Gasteiger partial charge in [0.25, 0.3) is 0 Å². The van der Waals surface area contributed by atoms with Crippen molar-refractivity contribution in [3.63, 3.8) is 0 Å². The lowest BCUT2D eigenvalue weighted by Crippen LogP contribution is -2.01. The lowest BCUT2D eigenvalue weighted by Gasteiger charge is -2.22. The van der Waals surface area contributed by atoms with Gasteiger partial charge >= 0.3 is 0 Å². The fourth-order valence-corrected chi connectivity index (χ4v) is 9.10. The second kappa shape index (κ2) is 12.4. The molecule has 0 saturated carbocycles. The zero-order chi connectivity index (χ0) is 35.6. The fourth-order valence-electron chi connectivity index (χ4n) is 7.94. The summed E-state index contributed by atoms with van der Waals surface area (Å²) in [6, 6.07) is 64.5. The first kappa shape index (κ1) is 30.8. The van der Waals surface area contributed by atoms with E-state index in [-0.39, 0.29) is 0 Å². The minimum atomic E-state index is 0.660. The number of benzene rings is 8. The maximum Gasteiger partial charge on any atom is 0.164 e. The number of nitrogens with zero attached hydrogens (tertiary/aromatic N) is 4. The van der Waals surface area contributed by atoms with Gasteiger partial charge in [0.15, 0.2) is 17.5 Å². The maximum atomic E-state index is 5.08. The van der Waals surface area contributed by atoms with Crippen molar-refractivity contribution in [1.29, 1.82) is 0 Å². The fraction of sp³-hybridized carbons (Fsp3) is 0. The van der Waals surface area contributed by atoms with Crippen LogP contribution in [0.4, 0.5) is 0 Å². The molecule has 2 aromatic heterocycles. The Labute approximate surface area is 316 Å². The number of para-hydroxylation sites is 1. The number of hydrogen-bond donors (Lipinski definition) is 0. The van der Waals surface area contributed by atoms with Gasteiger partial charge in [-0.3, -0.25) is 0 Å². The van der Waals surface area contributed by atoms with E-state index in [9.17, 15) is 0 Å². The highest BCUT2D eigenvalue weighted by molar-refractivity contribution is 7.99. The summed E-state index contributed by atoms with van der Waals surface area (Å²) in [6.45, 7) is 0. The van der Waals surface area contributed by atoms with Crippen molar-refractivity contribution in [2.45, 2.75) is 9.79 Å². The molecular formula is C49H30N4S. The van der Waals surface area contributed by atoms with Gasteiger partial charge in [0.05, 0.1) is 11.0 Å². The molecule has 8 aromatic carbocycles. The molecule has 0 spiro atoms. The highest BCUT2D eigenvalue weighted by atomic mass is 32.2. The van der Waals surface area contributed by atoms with Crippen LogP contribution in [0.2, 0.25) is 0 Å². The van der Waals surface area contributed by atoms with Crippen molar-refractivity contribution < 1.29 is 0 Å². The van der Waals surface area contributed by atoms with Gasteiger partial charge in [-0.2, -0.15) is 0 Å². The number of hydrogen-bond acceptors (Lipinski definition) is 4. The van der Waals surface area contributed by atoms with Gasteiger partial charge in [0.2, 0.25) is 0 Å². The number of rotatable bonds is 5. The van der Waals surface area contributed by atoms with Gasteiger partial charge in [0, 0.05) is 48.3 Å². The molecule has 0 radical (unpaired) electrons. The molecule has 3 heterocycles. The topological polar surface area (TPSA) is 43.6 Å². The minimum absolute atomic E-state index is 0.660. The Morgan fingerprint density at radius 2 is 0.963 bits per heavy atom. The Balaban J connectivity index is 1.06. The van der Waals surface area contributed by atoms with E-state index in [4.69, 9.17) is 15.0 Å². The van der Waals surface area contributed by atoms with Crippen LogP contribution in [0.15, 0.2) is 192 Å². The molecule has 0 unspecified atom stereocenters. The van der Waals surface area contributed by atoms with Gasteiger partial charge in [-0.15, -0.1) is 0 Å². The lowest BCUT2D eigenvalue weighted by molar-refractivity contribution is 1.08. The highest BCUT2D eigenvalue weighted by Gasteiger charge is 2.24. The van der Waals surface area contributed by atoms with Crippen molar-refractivity contribution in [3.8, 4) is 62.1 Å². The quantitative estimate of drug-likeness (QED) is 0.179. The molecule has 1 aliphatic rings. The average Bonchev–Trinajstić information content (AvgIpc) is 3.58. The van der Waals surface area contributed by atoms with Crippen LogP contribution in [-0.2, 0) is 0 Å². The van der Waals surface area contributed by atoms with E-state index in [2.05, 4.69) is 150 Å². The minimum Gasteiger partial charge on any atom is -0.309 e. The first-order valence-electron chi connectivity index (χ1n) is 18.1. The zero-order valence-corrected chi connectivity index (χ0v) is 29.8. The van der Waals surface area contributed by atoms with Gasteiger partial charge in [-0.25, -0.2) is 15.0 Å². The summed E-state index contributed by atoms with van der Waals surface area (Å²) < 4.78 is 2.42. The molecule has 11 rings (SSSR count). The standard InChI is InChI=1S/C49H30N4S/c1-4-13-31(14-5-1)34-23-25-37-36-19-10-11-22-42(36)53(43(37)29-34)35-24-26-38-39-20-12-21-40-41(27-28-44(46(39)40)54-45(38)30-35)49-51-47(32-15-6-2-7-16-32)50-48(52-49)33-17-8-3-9-18-33/h1-30H. The molecule has 0 fully saturated rings. The normalized spacial score (nSPS) is 12.0. The second-order valence-electron chi connectivity index (χ2n) is 13.6. The molecule has 0 atom stereocenters. The third-order valence-corrected chi connectivity index (χ3v) is 11.6. The predicted molar refractivity (Wildman–Crippen MR) is 223 cm³/mol. The van der Waals surface area contributed by atoms with E-state index in [0.717, 1.165) is 27.8 Å². The van der Waals surface area contributed by atoms with E-state index in [1.807, 2.05) is 48.2 Å². The van der Waals surface area contributed by atoms with E-state index in [1.165, 1.54) is 59.2 Å².